The first-order valence-corrected chi connectivity index (χ1v) is 12.3. The lowest BCUT2D eigenvalue weighted by Crippen LogP contribution is -2.48. The van der Waals surface area contributed by atoms with Crippen molar-refractivity contribution < 1.29 is 9.59 Å². The summed E-state index contributed by atoms with van der Waals surface area (Å²) in [5.41, 5.74) is 3.31. The number of nitrogens with zero attached hydrogens (tertiary/aromatic N) is 2. The smallest absolute Gasteiger partial charge is 0.273 e. The molecule has 1 aliphatic carbocycles. The van der Waals surface area contributed by atoms with Crippen LogP contribution in [-0.2, 0) is 11.2 Å². The maximum absolute atomic E-state index is 13.8. The maximum atomic E-state index is 13.8. The van der Waals surface area contributed by atoms with Gasteiger partial charge >= 0.3 is 0 Å². The fourth-order valence-electron chi connectivity index (χ4n) is 4.75. The first-order chi connectivity index (χ1) is 16.6. The molecule has 0 spiro atoms. The third kappa shape index (κ3) is 5.90. The van der Waals surface area contributed by atoms with E-state index in [4.69, 9.17) is 0 Å². The molecule has 3 aromatic rings. The zero-order valence-corrected chi connectivity index (χ0v) is 19.8. The molecule has 0 saturated heterocycles. The molecule has 34 heavy (non-hydrogen) atoms. The molecule has 5 nitrogen and oxygen atoms in total. The minimum atomic E-state index is -0.721. The second kappa shape index (κ2) is 11.6. The van der Waals surface area contributed by atoms with E-state index < -0.39 is 6.04 Å². The number of carbonyl (C=O) groups excluding carboxylic acids is 2. The fourth-order valence-corrected chi connectivity index (χ4v) is 4.75. The number of hydrogen-bond acceptors (Lipinski definition) is 3. The van der Waals surface area contributed by atoms with Crippen LogP contribution in [0, 0.1) is 6.92 Å². The predicted octanol–water partition coefficient (Wildman–Crippen LogP) is 5.27. The molecule has 2 amide bonds. The Bertz CT molecular complexity index is 1080. The van der Waals surface area contributed by atoms with E-state index in [1.54, 1.807) is 29.3 Å². The van der Waals surface area contributed by atoms with E-state index in [9.17, 15) is 9.59 Å². The van der Waals surface area contributed by atoms with Crippen molar-refractivity contribution in [3.63, 3.8) is 0 Å². The Morgan fingerprint density at radius 1 is 0.941 bits per heavy atom. The Kier molecular flexibility index (Phi) is 8.08. The first-order valence-electron chi connectivity index (χ1n) is 12.3. The van der Waals surface area contributed by atoms with Gasteiger partial charge in [0.25, 0.3) is 5.91 Å². The van der Waals surface area contributed by atoms with Crippen LogP contribution in [0.25, 0.3) is 0 Å². The summed E-state index contributed by atoms with van der Waals surface area (Å²) < 4.78 is 0. The molecule has 5 heteroatoms. The Morgan fingerprint density at radius 2 is 1.65 bits per heavy atom. The quantitative estimate of drug-likeness (QED) is 0.504. The fraction of sp³-hybridized carbons (Fsp3) is 0.345. The Labute approximate surface area is 202 Å². The summed E-state index contributed by atoms with van der Waals surface area (Å²) in [6.45, 7) is 2.41. The van der Waals surface area contributed by atoms with E-state index in [-0.39, 0.29) is 17.9 Å². The third-order valence-electron chi connectivity index (χ3n) is 6.62. The third-order valence-corrected chi connectivity index (χ3v) is 6.62. The molecule has 1 unspecified atom stereocenters. The van der Waals surface area contributed by atoms with Gasteiger partial charge in [-0.2, -0.15) is 0 Å². The molecule has 1 aliphatic rings. The van der Waals surface area contributed by atoms with Crippen LogP contribution in [0.15, 0.2) is 79.0 Å². The Balaban J connectivity index is 1.70. The number of pyridine rings is 1. The number of carbonyl (C=O) groups is 2. The van der Waals surface area contributed by atoms with Crippen molar-refractivity contribution in [2.24, 2.45) is 0 Å². The largest absolute Gasteiger partial charge is 0.351 e. The van der Waals surface area contributed by atoms with Crippen LogP contribution in [0.2, 0.25) is 0 Å². The summed E-state index contributed by atoms with van der Waals surface area (Å²) >= 11 is 0. The van der Waals surface area contributed by atoms with Crippen molar-refractivity contribution in [3.8, 4) is 0 Å². The number of aryl methyl sites for hydroxylation is 1. The molecule has 2 aromatic carbocycles. The van der Waals surface area contributed by atoms with Crippen LogP contribution in [0.1, 0.15) is 65.3 Å². The van der Waals surface area contributed by atoms with E-state index in [1.807, 2.05) is 61.5 Å². The normalized spacial score (nSPS) is 14.9. The molecule has 1 N–H and O–H groups in total. The number of rotatable bonds is 8. The predicted molar refractivity (Wildman–Crippen MR) is 134 cm³/mol. The summed E-state index contributed by atoms with van der Waals surface area (Å²) in [6, 6.07) is 22.7. The highest BCUT2D eigenvalue weighted by molar-refractivity contribution is 5.96. The number of amides is 2. The summed E-state index contributed by atoms with van der Waals surface area (Å²) in [5.74, 6) is -0.345. The van der Waals surface area contributed by atoms with Gasteiger partial charge in [-0.05, 0) is 55.0 Å². The van der Waals surface area contributed by atoms with Crippen LogP contribution < -0.4 is 5.32 Å². The summed E-state index contributed by atoms with van der Waals surface area (Å²) in [4.78, 5) is 33.6. The van der Waals surface area contributed by atoms with Crippen LogP contribution in [-0.4, -0.2) is 34.3 Å². The molecule has 1 fully saturated rings. The zero-order valence-electron chi connectivity index (χ0n) is 19.8. The second-order valence-electron chi connectivity index (χ2n) is 9.05. The highest BCUT2D eigenvalue weighted by Gasteiger charge is 2.34. The van der Waals surface area contributed by atoms with Gasteiger partial charge in [-0.3, -0.25) is 14.6 Å². The minimum absolute atomic E-state index is 0.112. The molecule has 0 aliphatic heterocycles. The lowest BCUT2D eigenvalue weighted by atomic mass is 9.93. The van der Waals surface area contributed by atoms with Gasteiger partial charge in [0.05, 0.1) is 0 Å². The van der Waals surface area contributed by atoms with E-state index in [2.05, 4.69) is 10.3 Å². The molecule has 176 valence electrons. The summed E-state index contributed by atoms with van der Waals surface area (Å²) in [6.07, 6.45) is 7.73. The molecule has 1 aromatic heterocycles. The van der Waals surface area contributed by atoms with Gasteiger partial charge in [0.1, 0.15) is 11.7 Å². The van der Waals surface area contributed by atoms with Gasteiger partial charge in [-0.25, -0.2) is 0 Å². The van der Waals surface area contributed by atoms with Crippen LogP contribution in [0.4, 0.5) is 0 Å². The average molecular weight is 456 g/mol. The highest BCUT2D eigenvalue weighted by Crippen LogP contribution is 2.28. The monoisotopic (exact) mass is 455 g/mol. The number of benzene rings is 2. The van der Waals surface area contributed by atoms with Crippen molar-refractivity contribution >= 4 is 11.8 Å². The number of aromatic nitrogens is 1. The van der Waals surface area contributed by atoms with Gasteiger partial charge in [-0.1, -0.05) is 79.9 Å². The Hall–Kier alpha value is -3.47. The van der Waals surface area contributed by atoms with Crippen LogP contribution in [0.3, 0.4) is 0 Å². The molecule has 1 heterocycles. The molecule has 1 saturated carbocycles. The van der Waals surface area contributed by atoms with Gasteiger partial charge < -0.3 is 10.2 Å². The molecule has 1 atom stereocenters. The van der Waals surface area contributed by atoms with Crippen molar-refractivity contribution in [2.45, 2.75) is 57.5 Å². The molecular formula is C29H33N3O2. The SMILES string of the molecule is Cc1ccccc1C(C(=O)NC1CCCCC1)N(CCc1ccccc1)C(=O)c1ccccn1. The number of nitrogens with one attached hydrogen (secondary N) is 1. The Morgan fingerprint density at radius 3 is 2.35 bits per heavy atom. The van der Waals surface area contributed by atoms with E-state index in [1.165, 1.54) is 6.42 Å². The van der Waals surface area contributed by atoms with Crippen molar-refractivity contribution in [1.82, 2.24) is 15.2 Å². The second-order valence-corrected chi connectivity index (χ2v) is 9.05. The summed E-state index contributed by atoms with van der Waals surface area (Å²) in [7, 11) is 0. The van der Waals surface area contributed by atoms with Gasteiger partial charge in [0.2, 0.25) is 5.91 Å². The lowest BCUT2D eigenvalue weighted by molar-refractivity contribution is -0.126. The zero-order chi connectivity index (χ0) is 23.8. The number of hydrogen-bond donors (Lipinski definition) is 1. The summed E-state index contributed by atoms with van der Waals surface area (Å²) in [5, 5.41) is 3.28. The van der Waals surface area contributed by atoms with Gasteiger partial charge in [0, 0.05) is 18.8 Å². The average Bonchev–Trinajstić information content (AvgIpc) is 2.88. The maximum Gasteiger partial charge on any atom is 0.273 e. The molecular weight excluding hydrogens is 422 g/mol. The van der Waals surface area contributed by atoms with Crippen molar-refractivity contribution in [2.75, 3.05) is 6.54 Å². The molecule has 0 bridgehead atoms. The van der Waals surface area contributed by atoms with E-state index in [0.717, 1.165) is 42.4 Å². The van der Waals surface area contributed by atoms with E-state index in [0.29, 0.717) is 18.7 Å². The van der Waals surface area contributed by atoms with Gasteiger partial charge in [-0.15, -0.1) is 0 Å². The van der Waals surface area contributed by atoms with Crippen LogP contribution >= 0.6 is 0 Å². The minimum Gasteiger partial charge on any atom is -0.351 e. The first kappa shape index (κ1) is 23.7. The molecule has 4 rings (SSSR count). The van der Waals surface area contributed by atoms with Crippen LogP contribution in [0.5, 0.6) is 0 Å². The standard InChI is InChI=1S/C29H33N3O2/c1-22-12-8-9-17-25(22)27(28(33)31-24-15-6-3-7-16-24)32(21-19-23-13-4-2-5-14-23)29(34)26-18-10-11-20-30-26/h2,4-5,8-14,17-18,20,24,27H,3,6-7,15-16,19,21H2,1H3,(H,31,33). The van der Waals surface area contributed by atoms with Gasteiger partial charge in [0.15, 0.2) is 0 Å². The van der Waals surface area contributed by atoms with Crippen molar-refractivity contribution in [3.05, 3.63) is 101 Å². The van der Waals surface area contributed by atoms with E-state index >= 15 is 0 Å². The molecule has 0 radical (unpaired) electrons. The highest BCUT2D eigenvalue weighted by atomic mass is 16.2. The topological polar surface area (TPSA) is 62.3 Å². The van der Waals surface area contributed by atoms with Crippen molar-refractivity contribution in [1.29, 1.82) is 0 Å². The lowest BCUT2D eigenvalue weighted by Gasteiger charge is -2.34.